The van der Waals surface area contributed by atoms with E-state index in [2.05, 4.69) is 22.5 Å². The predicted molar refractivity (Wildman–Crippen MR) is 113 cm³/mol. The first-order valence-electron chi connectivity index (χ1n) is 8.23. The van der Waals surface area contributed by atoms with Crippen LogP contribution in [0, 0.1) is 0 Å². The number of benzene rings is 1. The minimum atomic E-state index is 0. The summed E-state index contributed by atoms with van der Waals surface area (Å²) in [6, 6.07) is 5.57. The second-order valence-electron chi connectivity index (χ2n) is 5.50. The topological polar surface area (TPSA) is 65.9 Å². The molecule has 1 aliphatic rings. The maximum absolute atomic E-state index is 10.1. The molecule has 1 unspecified atom stereocenters. The summed E-state index contributed by atoms with van der Waals surface area (Å²) >= 11 is 2.02. The van der Waals surface area contributed by atoms with Crippen LogP contribution in [0.15, 0.2) is 23.2 Å². The van der Waals surface area contributed by atoms with E-state index in [1.807, 2.05) is 23.9 Å². The van der Waals surface area contributed by atoms with Crippen LogP contribution in [0.3, 0.4) is 0 Å². The van der Waals surface area contributed by atoms with Crippen molar-refractivity contribution >= 4 is 41.7 Å². The third-order valence-electron chi connectivity index (χ3n) is 3.81. The van der Waals surface area contributed by atoms with Gasteiger partial charge in [0.15, 0.2) is 17.5 Å². The van der Waals surface area contributed by atoms with Crippen molar-refractivity contribution in [1.29, 1.82) is 0 Å². The molecular formula is C17H28IN3O2S. The molecule has 5 nitrogen and oxygen atoms in total. The number of methoxy groups -OCH3 is 1. The van der Waals surface area contributed by atoms with Crippen LogP contribution in [-0.2, 0) is 6.42 Å². The number of rotatable bonds is 7. The van der Waals surface area contributed by atoms with E-state index >= 15 is 0 Å². The zero-order chi connectivity index (χ0) is 16.5. The van der Waals surface area contributed by atoms with Gasteiger partial charge in [-0.2, -0.15) is 11.8 Å². The summed E-state index contributed by atoms with van der Waals surface area (Å²) in [6.07, 6.45) is 3.29. The number of hydrogen-bond donors (Lipinski definition) is 3. The molecule has 7 heteroatoms. The number of para-hydroxylation sites is 1. The monoisotopic (exact) mass is 465 g/mol. The standard InChI is InChI=1S/C17H27N3O2S.HI/c1-3-18-17(20-12-14-7-5-11-23-14)19-10-9-13-6-4-8-15(22-2)16(13)21;/h4,6,8,14,21H,3,5,7,9-12H2,1-2H3,(H2,18,19,20);1H. The molecule has 1 aromatic carbocycles. The van der Waals surface area contributed by atoms with Gasteiger partial charge in [-0.05, 0) is 43.6 Å². The lowest BCUT2D eigenvalue weighted by Gasteiger charge is -2.13. The van der Waals surface area contributed by atoms with Crippen LogP contribution < -0.4 is 15.4 Å². The highest BCUT2D eigenvalue weighted by Crippen LogP contribution is 2.29. The number of hydrogen-bond acceptors (Lipinski definition) is 4. The lowest BCUT2D eigenvalue weighted by Crippen LogP contribution is -2.38. The summed E-state index contributed by atoms with van der Waals surface area (Å²) in [4.78, 5) is 4.67. The van der Waals surface area contributed by atoms with E-state index in [9.17, 15) is 5.11 Å². The number of nitrogens with one attached hydrogen (secondary N) is 2. The highest BCUT2D eigenvalue weighted by molar-refractivity contribution is 14.0. The first-order chi connectivity index (χ1) is 11.2. The highest BCUT2D eigenvalue weighted by Gasteiger charge is 2.15. The molecule has 2 rings (SSSR count). The number of aliphatic imine (C=N–C) groups is 1. The zero-order valence-corrected chi connectivity index (χ0v) is 17.5. The molecule has 1 heterocycles. The number of phenols is 1. The first kappa shape index (κ1) is 21.2. The van der Waals surface area contributed by atoms with Crippen molar-refractivity contribution in [1.82, 2.24) is 10.6 Å². The second kappa shape index (κ2) is 11.7. The quantitative estimate of drug-likeness (QED) is 0.328. The fourth-order valence-corrected chi connectivity index (χ4v) is 3.75. The smallest absolute Gasteiger partial charge is 0.191 e. The molecule has 0 aliphatic carbocycles. The molecule has 24 heavy (non-hydrogen) atoms. The summed E-state index contributed by atoms with van der Waals surface area (Å²) in [5.74, 6) is 2.85. The number of aromatic hydroxyl groups is 1. The molecule has 0 amide bonds. The molecule has 0 spiro atoms. The van der Waals surface area contributed by atoms with Crippen LogP contribution >= 0.6 is 35.7 Å². The van der Waals surface area contributed by atoms with Crippen LogP contribution in [0.4, 0.5) is 0 Å². The van der Waals surface area contributed by atoms with E-state index in [0.717, 1.165) is 24.6 Å². The Kier molecular flexibility index (Phi) is 10.3. The average molecular weight is 465 g/mol. The minimum Gasteiger partial charge on any atom is -0.504 e. The fraction of sp³-hybridized carbons (Fsp3) is 0.588. The molecular weight excluding hydrogens is 437 g/mol. The van der Waals surface area contributed by atoms with Gasteiger partial charge in [-0.1, -0.05) is 12.1 Å². The molecule has 1 saturated heterocycles. The number of phenolic OH excluding ortho intramolecular Hbond substituents is 1. The van der Waals surface area contributed by atoms with E-state index in [4.69, 9.17) is 4.74 Å². The molecule has 1 atom stereocenters. The summed E-state index contributed by atoms with van der Waals surface area (Å²) in [5, 5.41) is 17.4. The fourth-order valence-electron chi connectivity index (χ4n) is 2.57. The van der Waals surface area contributed by atoms with Crippen molar-refractivity contribution in [2.24, 2.45) is 4.99 Å². The lowest BCUT2D eigenvalue weighted by molar-refractivity contribution is 0.370. The summed E-state index contributed by atoms with van der Waals surface area (Å²) in [6.45, 7) is 4.48. The van der Waals surface area contributed by atoms with Gasteiger partial charge in [0.1, 0.15) is 0 Å². The third kappa shape index (κ3) is 6.58. The van der Waals surface area contributed by atoms with Crippen LogP contribution in [0.2, 0.25) is 0 Å². The largest absolute Gasteiger partial charge is 0.504 e. The molecule has 0 saturated carbocycles. The van der Waals surface area contributed by atoms with Gasteiger partial charge >= 0.3 is 0 Å². The van der Waals surface area contributed by atoms with Crippen molar-refractivity contribution < 1.29 is 9.84 Å². The van der Waals surface area contributed by atoms with Gasteiger partial charge in [0, 0.05) is 18.3 Å². The van der Waals surface area contributed by atoms with Crippen molar-refractivity contribution in [2.45, 2.75) is 31.4 Å². The summed E-state index contributed by atoms with van der Waals surface area (Å²) in [5.41, 5.74) is 0.874. The van der Waals surface area contributed by atoms with Crippen LogP contribution in [-0.4, -0.2) is 48.8 Å². The predicted octanol–water partition coefficient (Wildman–Crippen LogP) is 3.01. The number of nitrogens with zero attached hydrogens (tertiary/aromatic N) is 1. The zero-order valence-electron chi connectivity index (χ0n) is 14.4. The normalized spacial score (nSPS) is 17.2. The number of thioether (sulfide) groups is 1. The molecule has 3 N–H and O–H groups in total. The first-order valence-corrected chi connectivity index (χ1v) is 9.28. The van der Waals surface area contributed by atoms with Crippen LogP contribution in [0.1, 0.15) is 25.3 Å². The van der Waals surface area contributed by atoms with E-state index in [1.54, 1.807) is 13.2 Å². The van der Waals surface area contributed by atoms with Crippen molar-refractivity contribution in [3.8, 4) is 11.5 Å². The number of guanidine groups is 1. The Bertz CT molecular complexity index is 523. The van der Waals surface area contributed by atoms with Crippen molar-refractivity contribution in [3.63, 3.8) is 0 Å². The van der Waals surface area contributed by atoms with Crippen molar-refractivity contribution in [3.05, 3.63) is 23.8 Å². The number of halogens is 1. The Balaban J connectivity index is 0.00000288. The van der Waals surface area contributed by atoms with Crippen molar-refractivity contribution in [2.75, 3.05) is 32.5 Å². The maximum Gasteiger partial charge on any atom is 0.191 e. The molecule has 1 fully saturated rings. The van der Waals surface area contributed by atoms with Gasteiger partial charge in [-0.3, -0.25) is 4.99 Å². The SMILES string of the molecule is CCNC(=NCC1CCCS1)NCCc1cccc(OC)c1O.I. The molecule has 1 aromatic rings. The van der Waals surface area contributed by atoms with E-state index in [-0.39, 0.29) is 29.7 Å². The molecule has 0 aromatic heterocycles. The summed E-state index contributed by atoms with van der Waals surface area (Å²) < 4.78 is 5.14. The van der Waals surface area contributed by atoms with E-state index in [1.165, 1.54) is 18.6 Å². The lowest BCUT2D eigenvalue weighted by atomic mass is 10.1. The van der Waals surface area contributed by atoms with Gasteiger partial charge in [0.25, 0.3) is 0 Å². The minimum absolute atomic E-state index is 0. The molecule has 0 radical (unpaired) electrons. The summed E-state index contributed by atoms with van der Waals surface area (Å²) in [7, 11) is 1.56. The Labute approximate surface area is 166 Å². The number of ether oxygens (including phenoxy) is 1. The van der Waals surface area contributed by atoms with Gasteiger partial charge < -0.3 is 20.5 Å². The highest BCUT2D eigenvalue weighted by atomic mass is 127. The third-order valence-corrected chi connectivity index (χ3v) is 5.19. The Morgan fingerprint density at radius 2 is 2.25 bits per heavy atom. The van der Waals surface area contributed by atoms with Crippen LogP contribution in [0.25, 0.3) is 0 Å². The molecule has 136 valence electrons. The molecule has 1 aliphatic heterocycles. The van der Waals surface area contributed by atoms with Gasteiger partial charge in [-0.15, -0.1) is 24.0 Å². The average Bonchev–Trinajstić information content (AvgIpc) is 3.07. The van der Waals surface area contributed by atoms with Gasteiger partial charge in [-0.25, -0.2) is 0 Å². The maximum atomic E-state index is 10.1. The Morgan fingerprint density at radius 1 is 1.42 bits per heavy atom. The Morgan fingerprint density at radius 3 is 2.92 bits per heavy atom. The molecule has 0 bridgehead atoms. The van der Waals surface area contributed by atoms with Gasteiger partial charge in [0.05, 0.1) is 13.7 Å². The van der Waals surface area contributed by atoms with Crippen LogP contribution in [0.5, 0.6) is 11.5 Å². The van der Waals surface area contributed by atoms with E-state index < -0.39 is 0 Å². The second-order valence-corrected chi connectivity index (χ2v) is 6.91. The van der Waals surface area contributed by atoms with Gasteiger partial charge in [0.2, 0.25) is 0 Å². The van der Waals surface area contributed by atoms with E-state index in [0.29, 0.717) is 24.0 Å². The Hall–Kier alpha value is -0.830.